The molecule has 1 aromatic heterocycles. The van der Waals surface area contributed by atoms with Gasteiger partial charge in [-0.1, -0.05) is 24.3 Å². The van der Waals surface area contributed by atoms with Crippen LogP contribution in [0.3, 0.4) is 0 Å². The first-order valence-corrected chi connectivity index (χ1v) is 6.42. The summed E-state index contributed by atoms with van der Waals surface area (Å²) in [4.78, 5) is 10.3. The normalized spacial score (nSPS) is 10.6. The average molecular weight is 283 g/mol. The number of hydrogen-bond acceptors (Lipinski definition) is 5. The summed E-state index contributed by atoms with van der Waals surface area (Å²) in [6.07, 6.45) is 0. The van der Waals surface area contributed by atoms with Gasteiger partial charge in [-0.2, -0.15) is 4.98 Å². The monoisotopic (exact) mass is 283 g/mol. The van der Waals surface area contributed by atoms with Crippen molar-refractivity contribution in [3.8, 4) is 0 Å². The molecule has 1 heterocycles. The molecule has 0 fully saturated rings. The largest absolute Gasteiger partial charge is 0.326 e. The molecule has 3 N–H and O–H groups in total. The molecule has 0 atom stereocenters. The van der Waals surface area contributed by atoms with Crippen molar-refractivity contribution in [3.05, 3.63) is 54.3 Å². The number of nitrogens with one attached hydrogen (secondary N) is 1. The number of halogens is 1. The molecule has 3 aromatic rings. The van der Waals surface area contributed by atoms with Crippen molar-refractivity contribution in [2.75, 3.05) is 17.4 Å². The first-order valence-electron chi connectivity index (χ1n) is 6.42. The summed E-state index contributed by atoms with van der Waals surface area (Å²) in [6.45, 7) is 0. The van der Waals surface area contributed by atoms with E-state index in [1.165, 1.54) is 6.07 Å². The standard InChI is InChI=1S/C15H14FN5/c1-21(13-9-5-3-7-11(13)16)14-10-6-2-4-8-12(10)18-15(19-14)20-17/h2-9H,17H2,1H3,(H,18,19,20). The summed E-state index contributed by atoms with van der Waals surface area (Å²) in [6, 6.07) is 14.1. The highest BCUT2D eigenvalue weighted by atomic mass is 19.1. The van der Waals surface area contributed by atoms with Crippen LogP contribution >= 0.6 is 0 Å². The van der Waals surface area contributed by atoms with Crippen LogP contribution in [0.15, 0.2) is 48.5 Å². The third-order valence-electron chi connectivity index (χ3n) is 3.24. The van der Waals surface area contributed by atoms with Gasteiger partial charge >= 0.3 is 0 Å². The fraction of sp³-hybridized carbons (Fsp3) is 0.0667. The molecule has 0 aliphatic carbocycles. The van der Waals surface area contributed by atoms with Crippen molar-refractivity contribution in [2.24, 2.45) is 5.84 Å². The molecule has 0 bridgehead atoms. The van der Waals surface area contributed by atoms with Crippen LogP contribution in [0.5, 0.6) is 0 Å². The lowest BCUT2D eigenvalue weighted by Gasteiger charge is -2.21. The highest BCUT2D eigenvalue weighted by molar-refractivity contribution is 5.92. The van der Waals surface area contributed by atoms with Gasteiger partial charge in [-0.05, 0) is 24.3 Å². The Morgan fingerprint density at radius 1 is 1.05 bits per heavy atom. The Kier molecular flexibility index (Phi) is 3.37. The van der Waals surface area contributed by atoms with Crippen LogP contribution in [0.25, 0.3) is 10.9 Å². The second kappa shape index (κ2) is 5.34. The summed E-state index contributed by atoms with van der Waals surface area (Å²) >= 11 is 0. The van der Waals surface area contributed by atoms with Gasteiger partial charge in [0.15, 0.2) is 0 Å². The first kappa shape index (κ1) is 13.3. The number of para-hydroxylation sites is 2. The maximum absolute atomic E-state index is 14.0. The number of fused-ring (bicyclic) bond motifs is 1. The van der Waals surface area contributed by atoms with E-state index in [9.17, 15) is 4.39 Å². The minimum absolute atomic E-state index is 0.284. The van der Waals surface area contributed by atoms with Crippen molar-refractivity contribution >= 4 is 28.4 Å². The molecule has 21 heavy (non-hydrogen) atoms. The van der Waals surface area contributed by atoms with Crippen LogP contribution in [0.2, 0.25) is 0 Å². The van der Waals surface area contributed by atoms with Gasteiger partial charge in [0.1, 0.15) is 11.6 Å². The van der Waals surface area contributed by atoms with E-state index in [1.807, 2.05) is 24.3 Å². The zero-order valence-corrected chi connectivity index (χ0v) is 11.4. The zero-order chi connectivity index (χ0) is 14.8. The summed E-state index contributed by atoms with van der Waals surface area (Å²) < 4.78 is 14.0. The minimum Gasteiger partial charge on any atom is -0.326 e. The van der Waals surface area contributed by atoms with E-state index in [0.29, 0.717) is 11.5 Å². The number of hydrazine groups is 1. The number of nitrogen functional groups attached to an aromatic ring is 1. The maximum Gasteiger partial charge on any atom is 0.239 e. The van der Waals surface area contributed by atoms with E-state index in [2.05, 4.69) is 15.4 Å². The van der Waals surface area contributed by atoms with E-state index in [1.54, 1.807) is 30.1 Å². The maximum atomic E-state index is 14.0. The minimum atomic E-state index is -0.315. The van der Waals surface area contributed by atoms with Gasteiger partial charge in [0, 0.05) is 12.4 Å². The molecule has 0 aliphatic rings. The van der Waals surface area contributed by atoms with Gasteiger partial charge in [-0.15, -0.1) is 0 Å². The van der Waals surface area contributed by atoms with Crippen LogP contribution in [0.4, 0.5) is 21.8 Å². The molecule has 0 spiro atoms. The summed E-state index contributed by atoms with van der Waals surface area (Å²) in [5.41, 5.74) is 3.61. The molecule has 6 heteroatoms. The zero-order valence-electron chi connectivity index (χ0n) is 11.4. The Morgan fingerprint density at radius 2 is 1.76 bits per heavy atom. The Hall–Kier alpha value is -2.73. The molecular formula is C15H14FN5. The Balaban J connectivity index is 2.21. The van der Waals surface area contributed by atoms with E-state index < -0.39 is 0 Å². The number of benzene rings is 2. The first-order chi connectivity index (χ1) is 10.2. The molecule has 0 amide bonds. The van der Waals surface area contributed by atoms with Crippen LogP contribution in [0, 0.1) is 5.82 Å². The summed E-state index contributed by atoms with van der Waals surface area (Å²) in [5, 5.41) is 0.822. The molecule has 2 aromatic carbocycles. The number of hydrogen-bond donors (Lipinski definition) is 2. The summed E-state index contributed by atoms with van der Waals surface area (Å²) in [5.74, 6) is 5.96. The lowest BCUT2D eigenvalue weighted by Crippen LogP contribution is -2.17. The molecular weight excluding hydrogens is 269 g/mol. The van der Waals surface area contributed by atoms with Crippen LogP contribution in [-0.4, -0.2) is 17.0 Å². The van der Waals surface area contributed by atoms with E-state index in [0.717, 1.165) is 10.9 Å². The van der Waals surface area contributed by atoms with Crippen molar-refractivity contribution < 1.29 is 4.39 Å². The van der Waals surface area contributed by atoms with E-state index in [-0.39, 0.29) is 11.8 Å². The fourth-order valence-corrected chi connectivity index (χ4v) is 2.22. The van der Waals surface area contributed by atoms with Crippen molar-refractivity contribution in [1.82, 2.24) is 9.97 Å². The SMILES string of the molecule is CN(c1ccccc1F)c1nc(NN)nc2ccccc12. The molecule has 0 saturated heterocycles. The molecule has 5 nitrogen and oxygen atoms in total. The molecule has 0 aliphatic heterocycles. The van der Waals surface area contributed by atoms with Crippen LogP contribution < -0.4 is 16.2 Å². The van der Waals surface area contributed by atoms with Gasteiger partial charge in [-0.25, -0.2) is 15.2 Å². The third-order valence-corrected chi connectivity index (χ3v) is 3.24. The quantitative estimate of drug-likeness (QED) is 0.571. The Morgan fingerprint density at radius 3 is 2.52 bits per heavy atom. The number of aromatic nitrogens is 2. The number of rotatable bonds is 3. The van der Waals surface area contributed by atoms with Gasteiger partial charge in [0.05, 0.1) is 11.2 Å². The average Bonchev–Trinajstić information content (AvgIpc) is 2.53. The fourth-order valence-electron chi connectivity index (χ4n) is 2.22. The van der Waals surface area contributed by atoms with Gasteiger partial charge < -0.3 is 4.90 Å². The lowest BCUT2D eigenvalue weighted by molar-refractivity contribution is 0.627. The smallest absolute Gasteiger partial charge is 0.239 e. The number of anilines is 3. The van der Waals surface area contributed by atoms with Crippen molar-refractivity contribution in [2.45, 2.75) is 0 Å². The topological polar surface area (TPSA) is 67.1 Å². The molecule has 0 saturated carbocycles. The molecule has 0 radical (unpaired) electrons. The summed E-state index contributed by atoms with van der Waals surface area (Å²) in [7, 11) is 1.76. The molecule has 3 rings (SSSR count). The van der Waals surface area contributed by atoms with Gasteiger partial charge in [0.25, 0.3) is 0 Å². The van der Waals surface area contributed by atoms with Gasteiger partial charge in [-0.3, -0.25) is 5.43 Å². The predicted octanol–water partition coefficient (Wildman–Crippen LogP) is 2.82. The number of nitrogens with two attached hydrogens (primary N) is 1. The van der Waals surface area contributed by atoms with Crippen LogP contribution in [0.1, 0.15) is 0 Å². The molecule has 106 valence electrons. The highest BCUT2D eigenvalue weighted by Crippen LogP contribution is 2.30. The van der Waals surface area contributed by atoms with Crippen molar-refractivity contribution in [1.29, 1.82) is 0 Å². The third kappa shape index (κ3) is 2.36. The predicted molar refractivity (Wildman–Crippen MR) is 81.8 cm³/mol. The van der Waals surface area contributed by atoms with E-state index >= 15 is 0 Å². The second-order valence-electron chi connectivity index (χ2n) is 4.54. The Bertz CT molecular complexity index is 790. The lowest BCUT2D eigenvalue weighted by atomic mass is 10.2. The van der Waals surface area contributed by atoms with Crippen molar-refractivity contribution in [3.63, 3.8) is 0 Å². The van der Waals surface area contributed by atoms with Crippen LogP contribution in [-0.2, 0) is 0 Å². The number of nitrogens with zero attached hydrogens (tertiary/aromatic N) is 3. The van der Waals surface area contributed by atoms with Gasteiger partial charge in [0.2, 0.25) is 5.95 Å². The highest BCUT2D eigenvalue weighted by Gasteiger charge is 2.15. The van der Waals surface area contributed by atoms with E-state index in [4.69, 9.17) is 5.84 Å². The Labute approximate surface area is 121 Å². The molecule has 0 unspecified atom stereocenters. The second-order valence-corrected chi connectivity index (χ2v) is 4.54.